The molecule has 4 aromatic rings. The Balaban J connectivity index is 1.79. The lowest BCUT2D eigenvalue weighted by molar-refractivity contribution is 0.0985. The molecular weight excluding hydrogens is 366 g/mol. The minimum absolute atomic E-state index is 0.0703. The van der Waals surface area contributed by atoms with Crippen molar-refractivity contribution in [1.29, 1.82) is 0 Å². The number of hydrogen-bond donors (Lipinski definition) is 0. The predicted octanol–water partition coefficient (Wildman–Crippen LogP) is 5.46. The second kappa shape index (κ2) is 7.52. The molecule has 0 N–H and O–H groups in total. The number of amides is 1. The molecule has 0 unspecified atom stereocenters. The van der Waals surface area contributed by atoms with Crippen molar-refractivity contribution in [1.82, 2.24) is 9.97 Å². The van der Waals surface area contributed by atoms with Crippen molar-refractivity contribution in [3.05, 3.63) is 88.7 Å². The van der Waals surface area contributed by atoms with E-state index in [0.29, 0.717) is 17.2 Å². The molecule has 0 aliphatic carbocycles. The van der Waals surface area contributed by atoms with Crippen molar-refractivity contribution in [3.63, 3.8) is 0 Å². The summed E-state index contributed by atoms with van der Waals surface area (Å²) < 4.78 is 1.09. The molecule has 0 atom stereocenters. The highest BCUT2D eigenvalue weighted by atomic mass is 32.1. The summed E-state index contributed by atoms with van der Waals surface area (Å²) in [4.78, 5) is 24.3. The zero-order valence-corrected chi connectivity index (χ0v) is 17.0. The van der Waals surface area contributed by atoms with Crippen molar-refractivity contribution in [2.45, 2.75) is 27.3 Å². The Hall–Kier alpha value is -3.05. The fraction of sp³-hybridized carbons (Fsp3) is 0.174. The molecule has 0 saturated carbocycles. The quantitative estimate of drug-likeness (QED) is 0.467. The standard InChI is InChI=1S/C23H21N3OS/c1-15-7-9-18(10-8-15)22(27)26(14-19-6-4-5-11-24-19)23-25-21-17(3)12-16(2)13-20(21)28-23/h4-13H,14H2,1-3H3. The smallest absolute Gasteiger partial charge is 0.260 e. The van der Waals surface area contributed by atoms with Gasteiger partial charge in [-0.2, -0.15) is 0 Å². The molecule has 4 rings (SSSR count). The van der Waals surface area contributed by atoms with E-state index in [1.807, 2.05) is 49.4 Å². The number of carbonyl (C=O) groups is 1. The zero-order chi connectivity index (χ0) is 19.7. The van der Waals surface area contributed by atoms with Crippen LogP contribution in [0.4, 0.5) is 5.13 Å². The van der Waals surface area contributed by atoms with Crippen LogP contribution in [0.2, 0.25) is 0 Å². The third-order valence-electron chi connectivity index (χ3n) is 4.64. The van der Waals surface area contributed by atoms with Gasteiger partial charge in [0.1, 0.15) is 0 Å². The van der Waals surface area contributed by atoms with Gasteiger partial charge in [-0.3, -0.25) is 14.7 Å². The Bertz CT molecular complexity index is 1130. The minimum Gasteiger partial charge on any atom is -0.278 e. The van der Waals surface area contributed by atoms with Crippen LogP contribution in [0, 0.1) is 20.8 Å². The van der Waals surface area contributed by atoms with E-state index in [1.165, 1.54) is 5.56 Å². The molecule has 2 heterocycles. The lowest BCUT2D eigenvalue weighted by Gasteiger charge is -2.19. The van der Waals surface area contributed by atoms with Crippen molar-refractivity contribution in [3.8, 4) is 0 Å². The molecule has 2 aromatic heterocycles. The average Bonchev–Trinajstić information content (AvgIpc) is 3.11. The van der Waals surface area contributed by atoms with Crippen LogP contribution in [0.3, 0.4) is 0 Å². The lowest BCUT2D eigenvalue weighted by Crippen LogP contribution is -2.30. The van der Waals surface area contributed by atoms with E-state index >= 15 is 0 Å². The predicted molar refractivity (Wildman–Crippen MR) is 115 cm³/mol. The highest BCUT2D eigenvalue weighted by Gasteiger charge is 2.22. The highest BCUT2D eigenvalue weighted by Crippen LogP contribution is 2.33. The molecule has 28 heavy (non-hydrogen) atoms. The summed E-state index contributed by atoms with van der Waals surface area (Å²) in [5.74, 6) is -0.0703. The number of pyridine rings is 1. The number of fused-ring (bicyclic) bond motifs is 1. The van der Waals surface area contributed by atoms with E-state index in [0.717, 1.165) is 27.0 Å². The number of rotatable bonds is 4. The summed E-state index contributed by atoms with van der Waals surface area (Å²) in [7, 11) is 0. The summed E-state index contributed by atoms with van der Waals surface area (Å²) in [6, 6.07) is 17.6. The molecule has 4 nitrogen and oxygen atoms in total. The number of benzene rings is 2. The summed E-state index contributed by atoms with van der Waals surface area (Å²) >= 11 is 1.55. The van der Waals surface area contributed by atoms with Gasteiger partial charge in [0.2, 0.25) is 0 Å². The first kappa shape index (κ1) is 18.3. The third-order valence-corrected chi connectivity index (χ3v) is 5.66. The van der Waals surface area contributed by atoms with Gasteiger partial charge in [0.25, 0.3) is 5.91 Å². The van der Waals surface area contributed by atoms with Crippen molar-refractivity contribution in [2.75, 3.05) is 4.90 Å². The highest BCUT2D eigenvalue weighted by molar-refractivity contribution is 7.22. The van der Waals surface area contributed by atoms with E-state index in [1.54, 1.807) is 22.4 Å². The summed E-state index contributed by atoms with van der Waals surface area (Å²) in [5.41, 5.74) is 5.87. The van der Waals surface area contributed by atoms with Gasteiger partial charge in [-0.1, -0.05) is 41.2 Å². The van der Waals surface area contributed by atoms with Crippen LogP contribution in [0.25, 0.3) is 10.2 Å². The SMILES string of the molecule is Cc1ccc(C(=O)N(Cc2ccccn2)c2nc3c(C)cc(C)cc3s2)cc1. The Morgan fingerprint density at radius 1 is 1.00 bits per heavy atom. The van der Waals surface area contributed by atoms with Crippen molar-refractivity contribution < 1.29 is 4.79 Å². The van der Waals surface area contributed by atoms with Gasteiger partial charge in [-0.15, -0.1) is 0 Å². The molecule has 0 saturated heterocycles. The molecule has 2 aromatic carbocycles. The van der Waals surface area contributed by atoms with Crippen LogP contribution in [0.15, 0.2) is 60.8 Å². The first-order valence-corrected chi connectivity index (χ1v) is 9.99. The maximum Gasteiger partial charge on any atom is 0.260 e. The van der Waals surface area contributed by atoms with E-state index in [2.05, 4.69) is 31.0 Å². The molecule has 0 fully saturated rings. The number of nitrogens with zero attached hydrogens (tertiary/aromatic N) is 3. The Morgan fingerprint density at radius 3 is 2.50 bits per heavy atom. The van der Waals surface area contributed by atoms with E-state index in [9.17, 15) is 4.79 Å². The van der Waals surface area contributed by atoms with Gasteiger partial charge in [-0.05, 0) is 62.2 Å². The second-order valence-corrected chi connectivity index (χ2v) is 8.01. The van der Waals surface area contributed by atoms with E-state index < -0.39 is 0 Å². The van der Waals surface area contributed by atoms with Gasteiger partial charge in [0, 0.05) is 11.8 Å². The number of aromatic nitrogens is 2. The minimum atomic E-state index is -0.0703. The fourth-order valence-electron chi connectivity index (χ4n) is 3.21. The van der Waals surface area contributed by atoms with Gasteiger partial charge >= 0.3 is 0 Å². The maximum absolute atomic E-state index is 13.4. The first-order valence-electron chi connectivity index (χ1n) is 9.17. The lowest BCUT2D eigenvalue weighted by atomic mass is 10.1. The van der Waals surface area contributed by atoms with Gasteiger partial charge < -0.3 is 0 Å². The summed E-state index contributed by atoms with van der Waals surface area (Å²) in [5, 5.41) is 0.694. The Labute approximate surface area is 168 Å². The molecule has 0 spiro atoms. The second-order valence-electron chi connectivity index (χ2n) is 7.00. The number of aryl methyl sites for hydroxylation is 3. The van der Waals surface area contributed by atoms with E-state index in [4.69, 9.17) is 4.98 Å². The number of thiazole rings is 1. The molecular formula is C23H21N3OS. The largest absolute Gasteiger partial charge is 0.278 e. The van der Waals surface area contributed by atoms with Crippen LogP contribution < -0.4 is 4.90 Å². The molecule has 1 amide bonds. The van der Waals surface area contributed by atoms with Crippen LogP contribution in [0.5, 0.6) is 0 Å². The van der Waals surface area contributed by atoms with Crippen LogP contribution in [-0.2, 0) is 6.54 Å². The molecule has 0 bridgehead atoms. The fourth-order valence-corrected chi connectivity index (χ4v) is 4.35. The molecule has 140 valence electrons. The molecule has 0 aliphatic heterocycles. The summed E-state index contributed by atoms with van der Waals surface area (Å²) in [6.07, 6.45) is 1.75. The number of carbonyl (C=O) groups excluding carboxylic acids is 1. The number of anilines is 1. The van der Waals surface area contributed by atoms with Crippen molar-refractivity contribution >= 4 is 32.6 Å². The monoisotopic (exact) mass is 387 g/mol. The van der Waals surface area contributed by atoms with Crippen LogP contribution >= 0.6 is 11.3 Å². The first-order chi connectivity index (χ1) is 13.5. The van der Waals surface area contributed by atoms with Crippen LogP contribution in [-0.4, -0.2) is 15.9 Å². The molecule has 0 radical (unpaired) electrons. The third kappa shape index (κ3) is 3.66. The zero-order valence-electron chi connectivity index (χ0n) is 16.1. The maximum atomic E-state index is 13.4. The normalized spacial score (nSPS) is 11.0. The Kier molecular flexibility index (Phi) is 4.92. The topological polar surface area (TPSA) is 46.1 Å². The number of hydrogen-bond acceptors (Lipinski definition) is 4. The van der Waals surface area contributed by atoms with Gasteiger partial charge in [0.15, 0.2) is 5.13 Å². The van der Waals surface area contributed by atoms with Crippen molar-refractivity contribution in [2.24, 2.45) is 0 Å². The molecule has 0 aliphatic rings. The van der Waals surface area contributed by atoms with Gasteiger partial charge in [-0.25, -0.2) is 4.98 Å². The average molecular weight is 388 g/mol. The van der Waals surface area contributed by atoms with Crippen LogP contribution in [0.1, 0.15) is 32.7 Å². The summed E-state index contributed by atoms with van der Waals surface area (Å²) in [6.45, 7) is 6.53. The Morgan fingerprint density at radius 2 is 1.79 bits per heavy atom. The molecule has 5 heteroatoms. The van der Waals surface area contributed by atoms with E-state index in [-0.39, 0.29) is 5.91 Å². The van der Waals surface area contributed by atoms with Gasteiger partial charge in [0.05, 0.1) is 22.5 Å².